The van der Waals surface area contributed by atoms with Gasteiger partial charge in [-0.05, 0) is 67.1 Å². The second-order valence-corrected chi connectivity index (χ2v) is 13.3. The molecule has 0 amide bonds. The number of carboxylic acid groups (broad SMARTS) is 1. The van der Waals surface area contributed by atoms with Gasteiger partial charge in [-0.1, -0.05) is 36.4 Å². The number of esters is 2. The largest absolute Gasteiger partial charge is 0.509 e. The van der Waals surface area contributed by atoms with Crippen molar-refractivity contribution in [2.24, 2.45) is 11.8 Å². The van der Waals surface area contributed by atoms with E-state index in [0.29, 0.717) is 11.6 Å². The van der Waals surface area contributed by atoms with Crippen LogP contribution in [0, 0.1) is 11.8 Å². The van der Waals surface area contributed by atoms with Crippen LogP contribution in [0.15, 0.2) is 90.7 Å². The fourth-order valence-electron chi connectivity index (χ4n) is 7.74. The molecule has 16 nitrogen and oxygen atoms in total. The number of ether oxygens (including phenoxy) is 3. The van der Waals surface area contributed by atoms with Crippen LogP contribution in [0.25, 0.3) is 11.8 Å². The molecule has 3 aromatic carbocycles. The number of carboxylic acids is 1. The number of hydrogen-bond acceptors (Lipinski definition) is 15. The van der Waals surface area contributed by atoms with Crippen molar-refractivity contribution in [3.63, 3.8) is 0 Å². The number of benzene rings is 3. The van der Waals surface area contributed by atoms with E-state index in [4.69, 9.17) is 14.2 Å². The van der Waals surface area contributed by atoms with E-state index in [9.17, 15) is 60.3 Å². The molecule has 284 valence electrons. The molecule has 1 saturated carbocycles. The fraction of sp³-hybridized carbons (Fsp3) is 0.289. The van der Waals surface area contributed by atoms with Crippen LogP contribution in [0.5, 0.6) is 23.0 Å². The van der Waals surface area contributed by atoms with Gasteiger partial charge >= 0.3 is 17.9 Å². The fourth-order valence-corrected chi connectivity index (χ4v) is 7.74. The summed E-state index contributed by atoms with van der Waals surface area (Å²) in [5.74, 6) is -11.2. The van der Waals surface area contributed by atoms with Crippen LogP contribution < -0.4 is 5.32 Å². The zero-order valence-corrected chi connectivity index (χ0v) is 28.5. The van der Waals surface area contributed by atoms with Crippen molar-refractivity contribution in [1.82, 2.24) is 5.32 Å². The first-order chi connectivity index (χ1) is 25.5. The van der Waals surface area contributed by atoms with E-state index in [2.05, 4.69) is 5.32 Å². The molecule has 4 aliphatic rings. The highest BCUT2D eigenvalue weighted by atomic mass is 16.6. The highest BCUT2D eigenvalue weighted by Gasteiger charge is 2.85. The number of rotatable bonds is 10. The van der Waals surface area contributed by atoms with E-state index in [0.717, 1.165) is 42.5 Å². The minimum absolute atomic E-state index is 0.163. The molecule has 7 rings (SSSR count). The Hall–Kier alpha value is -6.07. The van der Waals surface area contributed by atoms with Crippen molar-refractivity contribution >= 4 is 29.7 Å². The number of aliphatic hydroxyl groups is 4. The van der Waals surface area contributed by atoms with Crippen molar-refractivity contribution in [2.45, 2.75) is 41.5 Å². The Morgan fingerprint density at radius 2 is 1.56 bits per heavy atom. The number of carbonyl (C=O) groups is 3. The van der Waals surface area contributed by atoms with E-state index in [1.54, 1.807) is 30.3 Å². The van der Waals surface area contributed by atoms with Crippen LogP contribution in [0.3, 0.4) is 0 Å². The van der Waals surface area contributed by atoms with Gasteiger partial charge in [0.1, 0.15) is 11.5 Å². The van der Waals surface area contributed by atoms with Crippen LogP contribution in [-0.4, -0.2) is 106 Å². The molecule has 1 saturated heterocycles. The van der Waals surface area contributed by atoms with E-state index >= 15 is 0 Å². The Morgan fingerprint density at radius 3 is 2.17 bits per heavy atom. The maximum atomic E-state index is 14.0. The summed E-state index contributed by atoms with van der Waals surface area (Å²) in [4.78, 5) is 41.0. The number of aliphatic hydroxyl groups excluding tert-OH is 2. The number of carbonyl (C=O) groups excluding carboxylic acids is 2. The molecule has 3 aromatic rings. The summed E-state index contributed by atoms with van der Waals surface area (Å²) in [6.45, 7) is -0.395. The first-order valence-corrected chi connectivity index (χ1v) is 16.5. The molecule has 0 aromatic heterocycles. The van der Waals surface area contributed by atoms with Gasteiger partial charge in [0.15, 0.2) is 46.0 Å². The Bertz CT molecular complexity index is 2080. The minimum Gasteiger partial charge on any atom is -0.509 e. The van der Waals surface area contributed by atoms with Gasteiger partial charge in [-0.2, -0.15) is 0 Å². The van der Waals surface area contributed by atoms with Crippen LogP contribution in [-0.2, 0) is 35.0 Å². The predicted molar refractivity (Wildman–Crippen MR) is 186 cm³/mol. The molecule has 16 heteroatoms. The molecule has 7 unspecified atom stereocenters. The first kappa shape index (κ1) is 37.7. The molecule has 0 radical (unpaired) electrons. The van der Waals surface area contributed by atoms with Crippen molar-refractivity contribution in [3.8, 4) is 23.0 Å². The maximum absolute atomic E-state index is 14.0. The topological polar surface area (TPSA) is 273 Å². The van der Waals surface area contributed by atoms with Gasteiger partial charge in [0, 0.05) is 24.0 Å². The van der Waals surface area contributed by atoms with E-state index < -0.39 is 106 Å². The Balaban J connectivity index is 1.56. The summed E-state index contributed by atoms with van der Waals surface area (Å²) in [5, 5.41) is 100. The summed E-state index contributed by atoms with van der Waals surface area (Å²) in [5.41, 5.74) is -10.4. The number of phenols is 4. The number of fused-ring (bicyclic) bond motifs is 1. The number of aliphatic carboxylic acids is 1. The van der Waals surface area contributed by atoms with Crippen LogP contribution in [0.1, 0.15) is 23.1 Å². The number of aromatic hydroxyl groups is 4. The van der Waals surface area contributed by atoms with Gasteiger partial charge in [-0.15, -0.1) is 0 Å². The van der Waals surface area contributed by atoms with Gasteiger partial charge in [0.05, 0.1) is 18.6 Å². The molecular formula is C38H37NO15. The summed E-state index contributed by atoms with van der Waals surface area (Å²) in [6.07, 6.45) is 0.112. The average molecular weight is 748 g/mol. The van der Waals surface area contributed by atoms with E-state index in [-0.39, 0.29) is 17.5 Å². The molecule has 7 atom stereocenters. The Kier molecular flexibility index (Phi) is 9.58. The van der Waals surface area contributed by atoms with E-state index in [1.165, 1.54) is 19.2 Å². The molecule has 10 N–H and O–H groups in total. The van der Waals surface area contributed by atoms with Crippen LogP contribution in [0.4, 0.5) is 0 Å². The molecule has 1 spiro atoms. The smallest absolute Gasteiger partial charge is 0.336 e. The SMILES string of the molecule is CNC1(O)C2C=C(O)C3(CC(O)(C(=O)O)C(Cc4ccccc4)C(OC(=O)C=C(O)c4ccc(O)c(O)c4)C31OC(=O)C=Cc1ccc(O)c(O)c1)OC2. The lowest BCUT2D eigenvalue weighted by Crippen LogP contribution is -2.90. The molecular weight excluding hydrogens is 710 g/mol. The zero-order chi connectivity index (χ0) is 39.2. The minimum atomic E-state index is -2.93. The lowest BCUT2D eigenvalue weighted by Gasteiger charge is -2.69. The normalized spacial score (nSPS) is 30.3. The van der Waals surface area contributed by atoms with Crippen molar-refractivity contribution in [3.05, 3.63) is 107 Å². The molecule has 2 fully saturated rings. The predicted octanol–water partition coefficient (Wildman–Crippen LogP) is 2.14. The zero-order valence-electron chi connectivity index (χ0n) is 28.5. The first-order valence-electron chi connectivity index (χ1n) is 16.5. The Labute approximate surface area is 306 Å². The van der Waals surface area contributed by atoms with Crippen molar-refractivity contribution in [1.29, 1.82) is 0 Å². The van der Waals surface area contributed by atoms with Crippen LogP contribution in [0.2, 0.25) is 0 Å². The molecule has 2 aliphatic heterocycles. The number of hydrogen-bond donors (Lipinski definition) is 10. The number of likely N-dealkylation sites (N-methyl/N-ethyl adjacent to an activating group) is 1. The molecule has 2 aliphatic carbocycles. The third kappa shape index (κ3) is 5.94. The van der Waals surface area contributed by atoms with Crippen LogP contribution >= 0.6 is 0 Å². The van der Waals surface area contributed by atoms with Gasteiger partial charge in [0.2, 0.25) is 5.60 Å². The second-order valence-electron chi connectivity index (χ2n) is 13.3. The molecule has 54 heavy (non-hydrogen) atoms. The van der Waals surface area contributed by atoms with Crippen molar-refractivity contribution in [2.75, 3.05) is 13.7 Å². The van der Waals surface area contributed by atoms with Crippen molar-refractivity contribution < 1.29 is 74.6 Å². The lowest BCUT2D eigenvalue weighted by molar-refractivity contribution is -0.387. The van der Waals surface area contributed by atoms with Gasteiger partial charge in [0.25, 0.3) is 0 Å². The van der Waals surface area contributed by atoms with Gasteiger partial charge in [-0.3, -0.25) is 5.32 Å². The maximum Gasteiger partial charge on any atom is 0.336 e. The highest BCUT2D eigenvalue weighted by molar-refractivity contribution is 5.91. The summed E-state index contributed by atoms with van der Waals surface area (Å²) < 4.78 is 18.2. The summed E-state index contributed by atoms with van der Waals surface area (Å²) in [6, 6.07) is 14.9. The third-order valence-corrected chi connectivity index (χ3v) is 10.4. The molecule has 2 heterocycles. The monoisotopic (exact) mass is 747 g/mol. The highest BCUT2D eigenvalue weighted by Crippen LogP contribution is 2.63. The number of nitrogens with one attached hydrogen (secondary N) is 1. The standard InChI is InChI=1S/C38H37NO15/c1-39-38(51)23-16-30(45)36(52-18-23)19-35(50,34(48)49)24(13-20-5-3-2-4-6-20)33(53-32(47)17-27(42)22-9-11-26(41)29(44)15-22)37(36,38)54-31(46)12-8-21-7-10-25(40)28(43)14-21/h2-12,14-17,23-24,33,39-45,50-51H,13,18-19H2,1H3,(H,48,49). The van der Waals surface area contributed by atoms with Gasteiger partial charge < -0.3 is 60.2 Å². The third-order valence-electron chi connectivity index (χ3n) is 10.4. The number of phenolic OH excluding ortho intramolecular Hbond substituents is 4. The summed E-state index contributed by atoms with van der Waals surface area (Å²) in [7, 11) is 1.27. The van der Waals surface area contributed by atoms with E-state index in [1.807, 2.05) is 0 Å². The second kappa shape index (κ2) is 13.7. The molecule has 2 bridgehead atoms. The lowest BCUT2D eigenvalue weighted by atomic mass is 9.49. The quantitative estimate of drug-likeness (QED) is 0.0468. The summed E-state index contributed by atoms with van der Waals surface area (Å²) >= 11 is 0. The van der Waals surface area contributed by atoms with Gasteiger partial charge in [-0.25, -0.2) is 14.4 Å². The Morgan fingerprint density at radius 1 is 0.889 bits per heavy atom. The average Bonchev–Trinajstić information content (AvgIpc) is 3.13.